The normalized spacial score (nSPS) is 11.7. The molecule has 11 heteroatoms. The number of nitrogens with two attached hydrogens (primary N) is 1. The summed E-state index contributed by atoms with van der Waals surface area (Å²) in [6.07, 6.45) is -4.89. The topological polar surface area (TPSA) is 111 Å². The number of halogens is 3. The Morgan fingerprint density at radius 1 is 1.08 bits per heavy atom. The summed E-state index contributed by atoms with van der Waals surface area (Å²) in [5.41, 5.74) is 0.402. The van der Waals surface area contributed by atoms with Crippen molar-refractivity contribution in [3.63, 3.8) is 0 Å². The standard InChI is InChI=1S/C15H14F3N3O4S/c16-15(17,18)25-13-4-2-1-3-12(13)21-14(22)20-9-10-5-7-11(8-6-10)26(19,23)24/h1-8H,9H2,(H2,19,23,24)(H2,20,21,22). The lowest BCUT2D eigenvalue weighted by atomic mass is 10.2. The molecule has 0 atom stereocenters. The second kappa shape index (κ2) is 7.62. The Labute approximate surface area is 147 Å². The highest BCUT2D eigenvalue weighted by Gasteiger charge is 2.32. The summed E-state index contributed by atoms with van der Waals surface area (Å²) in [6.45, 7) is 0.0129. The van der Waals surface area contributed by atoms with Crippen molar-refractivity contribution < 1.29 is 31.1 Å². The minimum atomic E-state index is -4.89. The van der Waals surface area contributed by atoms with Gasteiger partial charge in [0.15, 0.2) is 5.75 Å². The second-order valence-electron chi connectivity index (χ2n) is 5.04. The first-order chi connectivity index (χ1) is 12.0. The lowest BCUT2D eigenvalue weighted by molar-refractivity contribution is -0.274. The van der Waals surface area contributed by atoms with Crippen LogP contribution >= 0.6 is 0 Å². The number of urea groups is 1. The predicted octanol–water partition coefficient (Wildman–Crippen LogP) is 2.55. The molecule has 2 rings (SSSR count). The summed E-state index contributed by atoms with van der Waals surface area (Å²) < 4.78 is 63.2. The Morgan fingerprint density at radius 3 is 2.27 bits per heavy atom. The Balaban J connectivity index is 1.97. The maximum atomic E-state index is 12.3. The molecule has 0 spiro atoms. The zero-order chi connectivity index (χ0) is 19.4. The summed E-state index contributed by atoms with van der Waals surface area (Å²) in [6, 6.07) is 9.76. The van der Waals surface area contributed by atoms with E-state index in [1.54, 1.807) is 0 Å². The summed E-state index contributed by atoms with van der Waals surface area (Å²) in [5.74, 6) is -0.548. The zero-order valence-electron chi connectivity index (χ0n) is 13.1. The van der Waals surface area contributed by atoms with E-state index in [1.807, 2.05) is 0 Å². The average Bonchev–Trinajstić information content (AvgIpc) is 2.53. The number of primary sulfonamides is 1. The minimum absolute atomic E-state index is 0.0129. The number of ether oxygens (including phenoxy) is 1. The number of hydrogen-bond donors (Lipinski definition) is 3. The van der Waals surface area contributed by atoms with Crippen molar-refractivity contribution in [3.05, 3.63) is 54.1 Å². The summed E-state index contributed by atoms with van der Waals surface area (Å²) >= 11 is 0. The van der Waals surface area contributed by atoms with Crippen LogP contribution in [0, 0.1) is 0 Å². The first kappa shape index (κ1) is 19.5. The second-order valence-corrected chi connectivity index (χ2v) is 6.60. The van der Waals surface area contributed by atoms with Crippen molar-refractivity contribution >= 4 is 21.7 Å². The van der Waals surface area contributed by atoms with Gasteiger partial charge in [-0.3, -0.25) is 0 Å². The summed E-state index contributed by atoms with van der Waals surface area (Å²) in [4.78, 5) is 11.8. The molecule has 0 aliphatic carbocycles. The molecule has 4 N–H and O–H groups in total. The van der Waals surface area contributed by atoms with Crippen LogP contribution in [-0.4, -0.2) is 20.8 Å². The lowest BCUT2D eigenvalue weighted by Gasteiger charge is -2.14. The number of nitrogens with one attached hydrogen (secondary N) is 2. The van der Waals surface area contributed by atoms with Crippen LogP contribution in [0.2, 0.25) is 0 Å². The molecule has 0 unspecified atom stereocenters. The van der Waals surface area contributed by atoms with E-state index in [1.165, 1.54) is 42.5 Å². The number of benzene rings is 2. The van der Waals surface area contributed by atoms with Crippen molar-refractivity contribution in [2.45, 2.75) is 17.8 Å². The van der Waals surface area contributed by atoms with Crippen LogP contribution in [0.5, 0.6) is 5.75 Å². The SMILES string of the molecule is NS(=O)(=O)c1ccc(CNC(=O)Nc2ccccc2OC(F)(F)F)cc1. The van der Waals surface area contributed by atoms with Gasteiger partial charge in [-0.2, -0.15) is 0 Å². The van der Waals surface area contributed by atoms with Gasteiger partial charge in [-0.1, -0.05) is 24.3 Å². The Morgan fingerprint density at radius 2 is 1.69 bits per heavy atom. The van der Waals surface area contributed by atoms with Gasteiger partial charge in [0.25, 0.3) is 0 Å². The number of sulfonamides is 1. The molecule has 0 bridgehead atoms. The van der Waals surface area contributed by atoms with E-state index in [0.29, 0.717) is 5.56 Å². The molecule has 7 nitrogen and oxygen atoms in total. The number of carbonyl (C=O) groups excluding carboxylic acids is 1. The molecule has 0 saturated heterocycles. The van der Waals surface area contributed by atoms with E-state index in [9.17, 15) is 26.4 Å². The summed E-state index contributed by atoms with van der Waals surface area (Å²) in [7, 11) is -3.82. The molecule has 0 aliphatic rings. The molecule has 140 valence electrons. The van der Waals surface area contributed by atoms with Gasteiger partial charge >= 0.3 is 12.4 Å². The minimum Gasteiger partial charge on any atom is -0.404 e. The molecule has 2 aromatic carbocycles. The third-order valence-electron chi connectivity index (χ3n) is 3.07. The quantitative estimate of drug-likeness (QED) is 0.730. The maximum Gasteiger partial charge on any atom is 0.573 e. The molecule has 0 fully saturated rings. The van der Waals surface area contributed by atoms with Gasteiger partial charge in [-0.25, -0.2) is 18.4 Å². The number of para-hydroxylation sites is 2. The third kappa shape index (κ3) is 5.93. The van der Waals surface area contributed by atoms with E-state index < -0.39 is 28.2 Å². The van der Waals surface area contributed by atoms with Gasteiger partial charge in [-0.05, 0) is 29.8 Å². The zero-order valence-corrected chi connectivity index (χ0v) is 13.9. The van der Waals surface area contributed by atoms with Crippen molar-refractivity contribution in [3.8, 4) is 5.75 Å². The molecule has 2 amide bonds. The van der Waals surface area contributed by atoms with E-state index in [2.05, 4.69) is 15.4 Å². The lowest BCUT2D eigenvalue weighted by Crippen LogP contribution is -2.29. The van der Waals surface area contributed by atoms with Crippen molar-refractivity contribution in [2.75, 3.05) is 5.32 Å². The van der Waals surface area contributed by atoms with Crippen LogP contribution in [0.15, 0.2) is 53.4 Å². The van der Waals surface area contributed by atoms with E-state index >= 15 is 0 Å². The molecule has 26 heavy (non-hydrogen) atoms. The molecule has 0 heterocycles. The summed E-state index contributed by atoms with van der Waals surface area (Å²) in [5, 5.41) is 9.65. The maximum absolute atomic E-state index is 12.3. The van der Waals surface area contributed by atoms with Gasteiger partial charge in [0.1, 0.15) is 0 Å². The van der Waals surface area contributed by atoms with Crippen LogP contribution < -0.4 is 20.5 Å². The Kier molecular flexibility index (Phi) is 5.73. The highest BCUT2D eigenvalue weighted by atomic mass is 32.2. The van der Waals surface area contributed by atoms with Crippen LogP contribution in [0.4, 0.5) is 23.7 Å². The Bertz CT molecular complexity index is 884. The number of amides is 2. The number of carbonyl (C=O) groups is 1. The van der Waals surface area contributed by atoms with Crippen molar-refractivity contribution in [2.24, 2.45) is 5.14 Å². The highest BCUT2D eigenvalue weighted by molar-refractivity contribution is 7.89. The van der Waals surface area contributed by atoms with Crippen molar-refractivity contribution in [1.82, 2.24) is 5.32 Å². The van der Waals surface area contributed by atoms with Crippen LogP contribution in [0.25, 0.3) is 0 Å². The fraction of sp³-hybridized carbons (Fsp3) is 0.133. The highest BCUT2D eigenvalue weighted by Crippen LogP contribution is 2.29. The number of anilines is 1. The first-order valence-corrected chi connectivity index (χ1v) is 8.60. The monoisotopic (exact) mass is 389 g/mol. The van der Waals surface area contributed by atoms with Gasteiger partial charge in [-0.15, -0.1) is 13.2 Å². The van der Waals surface area contributed by atoms with Crippen LogP contribution in [0.3, 0.4) is 0 Å². The third-order valence-corrected chi connectivity index (χ3v) is 4.00. The van der Waals surface area contributed by atoms with Crippen LogP contribution in [-0.2, 0) is 16.6 Å². The molecular formula is C15H14F3N3O4S. The fourth-order valence-corrected chi connectivity index (χ4v) is 2.44. The number of rotatable bonds is 5. The average molecular weight is 389 g/mol. The molecule has 0 saturated carbocycles. The first-order valence-electron chi connectivity index (χ1n) is 7.06. The van der Waals surface area contributed by atoms with Crippen molar-refractivity contribution in [1.29, 1.82) is 0 Å². The van der Waals surface area contributed by atoms with Gasteiger partial charge in [0.2, 0.25) is 10.0 Å². The number of alkyl halides is 3. The smallest absolute Gasteiger partial charge is 0.404 e. The van der Waals surface area contributed by atoms with E-state index in [-0.39, 0.29) is 17.1 Å². The van der Waals surface area contributed by atoms with Crippen LogP contribution in [0.1, 0.15) is 5.56 Å². The van der Waals surface area contributed by atoms with Gasteiger partial charge in [0, 0.05) is 6.54 Å². The molecule has 0 aliphatic heterocycles. The largest absolute Gasteiger partial charge is 0.573 e. The van der Waals surface area contributed by atoms with Gasteiger partial charge in [0.05, 0.1) is 10.6 Å². The Hall–Kier alpha value is -2.79. The predicted molar refractivity (Wildman–Crippen MR) is 86.8 cm³/mol. The molecule has 0 radical (unpaired) electrons. The number of hydrogen-bond acceptors (Lipinski definition) is 4. The van der Waals surface area contributed by atoms with E-state index in [0.717, 1.165) is 6.07 Å². The molecule has 0 aromatic heterocycles. The van der Waals surface area contributed by atoms with E-state index in [4.69, 9.17) is 5.14 Å². The molecule has 2 aromatic rings. The molecular weight excluding hydrogens is 375 g/mol. The fourth-order valence-electron chi connectivity index (χ4n) is 1.93. The van der Waals surface area contributed by atoms with Gasteiger partial charge < -0.3 is 15.4 Å².